The molecule has 4 heteroatoms. The Morgan fingerprint density at radius 1 is 0.600 bits per heavy atom. The van der Waals surface area contributed by atoms with Gasteiger partial charge in [0, 0.05) is 32.7 Å². The predicted molar refractivity (Wildman–Crippen MR) is 174 cm³/mol. The summed E-state index contributed by atoms with van der Waals surface area (Å²) in [5.41, 5.74) is 6.55. The standard InChI is InChI=1S/C36H61N3O/c1-2-3-4-5-6-7-8-9-10-11-12-13-14-15-16-23-31-39(32-30-38-29-28-37)33-36(40,34-24-19-17-20-25-34)35-26-21-18-22-27-35/h17-22,24-27,38,40H,2-16,23,28-33,37H2,1H3. The van der Waals surface area contributed by atoms with E-state index in [1.807, 2.05) is 60.7 Å². The molecule has 0 heterocycles. The van der Waals surface area contributed by atoms with Crippen LogP contribution < -0.4 is 11.1 Å². The zero-order valence-electron chi connectivity index (χ0n) is 25.8. The second-order valence-electron chi connectivity index (χ2n) is 11.7. The Kier molecular flexibility index (Phi) is 19.7. The van der Waals surface area contributed by atoms with Gasteiger partial charge in [-0.15, -0.1) is 0 Å². The molecule has 0 spiro atoms. The molecule has 2 aromatic rings. The molecule has 4 N–H and O–H groups in total. The zero-order chi connectivity index (χ0) is 28.6. The van der Waals surface area contributed by atoms with Crippen LogP contribution in [0, 0.1) is 0 Å². The van der Waals surface area contributed by atoms with Crippen molar-refractivity contribution in [3.05, 3.63) is 71.8 Å². The first-order valence-electron chi connectivity index (χ1n) is 16.7. The van der Waals surface area contributed by atoms with Crippen molar-refractivity contribution in [3.63, 3.8) is 0 Å². The van der Waals surface area contributed by atoms with Gasteiger partial charge in [0.25, 0.3) is 0 Å². The maximum absolute atomic E-state index is 12.1. The highest BCUT2D eigenvalue weighted by atomic mass is 16.3. The molecule has 0 aromatic heterocycles. The van der Waals surface area contributed by atoms with Crippen molar-refractivity contribution in [2.45, 2.75) is 115 Å². The van der Waals surface area contributed by atoms with E-state index in [1.54, 1.807) is 0 Å². The quantitative estimate of drug-likeness (QED) is 0.104. The molecule has 0 bridgehead atoms. The fraction of sp³-hybridized carbons (Fsp3) is 0.667. The van der Waals surface area contributed by atoms with Crippen molar-refractivity contribution in [1.82, 2.24) is 10.2 Å². The number of hydrogen-bond acceptors (Lipinski definition) is 4. The Hall–Kier alpha value is -1.72. The lowest BCUT2D eigenvalue weighted by atomic mass is 9.85. The highest BCUT2D eigenvalue weighted by molar-refractivity contribution is 5.36. The van der Waals surface area contributed by atoms with Crippen molar-refractivity contribution in [3.8, 4) is 0 Å². The fourth-order valence-corrected chi connectivity index (χ4v) is 5.72. The van der Waals surface area contributed by atoms with Crippen molar-refractivity contribution in [1.29, 1.82) is 0 Å². The number of unbranched alkanes of at least 4 members (excludes halogenated alkanes) is 15. The highest BCUT2D eigenvalue weighted by Crippen LogP contribution is 2.30. The molecule has 0 aliphatic rings. The first-order valence-corrected chi connectivity index (χ1v) is 16.7. The SMILES string of the molecule is CCCCCCCCCCCCCCCCCCN(CCNCCN)CC(O)(c1ccccc1)c1ccccc1. The summed E-state index contributed by atoms with van der Waals surface area (Å²) in [6.07, 6.45) is 22.1. The summed E-state index contributed by atoms with van der Waals surface area (Å²) >= 11 is 0. The number of nitrogens with one attached hydrogen (secondary N) is 1. The van der Waals surface area contributed by atoms with Crippen LogP contribution in [0.25, 0.3) is 0 Å². The smallest absolute Gasteiger partial charge is 0.127 e. The van der Waals surface area contributed by atoms with E-state index in [1.165, 1.54) is 103 Å². The number of nitrogens with two attached hydrogens (primary N) is 1. The van der Waals surface area contributed by atoms with Crippen LogP contribution in [-0.2, 0) is 5.60 Å². The first-order chi connectivity index (χ1) is 19.7. The molecule has 0 unspecified atom stereocenters. The molecule has 0 amide bonds. The Morgan fingerprint density at radius 3 is 1.45 bits per heavy atom. The minimum absolute atomic E-state index is 0.587. The van der Waals surface area contributed by atoms with Crippen LogP contribution in [0.2, 0.25) is 0 Å². The monoisotopic (exact) mass is 551 g/mol. The van der Waals surface area contributed by atoms with E-state index in [-0.39, 0.29) is 0 Å². The predicted octanol–water partition coefficient (Wildman–Crippen LogP) is 8.03. The van der Waals surface area contributed by atoms with Gasteiger partial charge < -0.3 is 16.2 Å². The van der Waals surface area contributed by atoms with Crippen LogP contribution in [-0.4, -0.2) is 49.3 Å². The minimum atomic E-state index is -1.04. The van der Waals surface area contributed by atoms with E-state index in [9.17, 15) is 5.11 Å². The number of benzene rings is 2. The van der Waals surface area contributed by atoms with Gasteiger partial charge in [0.1, 0.15) is 5.60 Å². The second kappa shape index (κ2) is 22.9. The Morgan fingerprint density at radius 2 is 1.02 bits per heavy atom. The van der Waals surface area contributed by atoms with Crippen LogP contribution in [0.1, 0.15) is 121 Å². The molecule has 0 saturated carbocycles. The van der Waals surface area contributed by atoms with Crippen LogP contribution in [0.3, 0.4) is 0 Å². The molecule has 0 aliphatic carbocycles. The first kappa shape index (κ1) is 34.5. The number of rotatable bonds is 26. The van der Waals surface area contributed by atoms with Gasteiger partial charge in [-0.3, -0.25) is 4.90 Å². The lowest BCUT2D eigenvalue weighted by molar-refractivity contribution is 0.0352. The van der Waals surface area contributed by atoms with Crippen molar-refractivity contribution < 1.29 is 5.11 Å². The molecule has 4 nitrogen and oxygen atoms in total. The number of nitrogens with zero attached hydrogens (tertiary/aromatic N) is 1. The second-order valence-corrected chi connectivity index (χ2v) is 11.7. The third kappa shape index (κ3) is 14.8. The van der Waals surface area contributed by atoms with Gasteiger partial charge in [-0.2, -0.15) is 0 Å². The van der Waals surface area contributed by atoms with Crippen LogP contribution in [0.5, 0.6) is 0 Å². The molecule has 40 heavy (non-hydrogen) atoms. The molecule has 0 saturated heterocycles. The Bertz CT molecular complexity index is 774. The van der Waals surface area contributed by atoms with Gasteiger partial charge in [0.15, 0.2) is 0 Å². The molecule has 0 radical (unpaired) electrons. The summed E-state index contributed by atoms with van der Waals surface area (Å²) in [4.78, 5) is 2.44. The molecular weight excluding hydrogens is 490 g/mol. The highest BCUT2D eigenvalue weighted by Gasteiger charge is 2.33. The van der Waals surface area contributed by atoms with Crippen molar-refractivity contribution >= 4 is 0 Å². The summed E-state index contributed by atoms with van der Waals surface area (Å²) in [5.74, 6) is 0. The van der Waals surface area contributed by atoms with Gasteiger partial charge in [-0.25, -0.2) is 0 Å². The van der Waals surface area contributed by atoms with E-state index in [2.05, 4.69) is 17.1 Å². The largest absolute Gasteiger partial charge is 0.379 e. The van der Waals surface area contributed by atoms with Gasteiger partial charge in [0.2, 0.25) is 0 Å². The lowest BCUT2D eigenvalue weighted by Gasteiger charge is -2.35. The topological polar surface area (TPSA) is 61.5 Å². The number of hydrogen-bond donors (Lipinski definition) is 3. The van der Waals surface area contributed by atoms with E-state index < -0.39 is 5.60 Å². The lowest BCUT2D eigenvalue weighted by Crippen LogP contribution is -2.45. The summed E-state index contributed by atoms with van der Waals surface area (Å²) in [6.45, 7) is 7.15. The summed E-state index contributed by atoms with van der Waals surface area (Å²) in [5, 5.41) is 15.5. The van der Waals surface area contributed by atoms with E-state index in [0.29, 0.717) is 13.1 Å². The van der Waals surface area contributed by atoms with Gasteiger partial charge in [-0.05, 0) is 24.1 Å². The van der Waals surface area contributed by atoms with Gasteiger partial charge in [-0.1, -0.05) is 164 Å². The molecule has 2 aromatic carbocycles. The fourth-order valence-electron chi connectivity index (χ4n) is 5.72. The molecule has 226 valence electrons. The maximum Gasteiger partial charge on any atom is 0.127 e. The molecule has 0 aliphatic heterocycles. The van der Waals surface area contributed by atoms with Gasteiger partial charge in [0.05, 0.1) is 0 Å². The van der Waals surface area contributed by atoms with Crippen LogP contribution in [0.15, 0.2) is 60.7 Å². The minimum Gasteiger partial charge on any atom is -0.379 e. The molecule has 0 atom stereocenters. The maximum atomic E-state index is 12.1. The third-order valence-electron chi connectivity index (χ3n) is 8.21. The third-order valence-corrected chi connectivity index (χ3v) is 8.21. The summed E-state index contributed by atoms with van der Waals surface area (Å²) < 4.78 is 0. The normalized spacial score (nSPS) is 11.9. The molecule has 0 fully saturated rings. The van der Waals surface area contributed by atoms with E-state index >= 15 is 0 Å². The van der Waals surface area contributed by atoms with E-state index in [4.69, 9.17) is 5.73 Å². The molecule has 2 rings (SSSR count). The van der Waals surface area contributed by atoms with E-state index in [0.717, 1.165) is 37.3 Å². The van der Waals surface area contributed by atoms with Crippen LogP contribution >= 0.6 is 0 Å². The van der Waals surface area contributed by atoms with Crippen LogP contribution in [0.4, 0.5) is 0 Å². The average molecular weight is 552 g/mol. The van der Waals surface area contributed by atoms with Crippen molar-refractivity contribution in [2.75, 3.05) is 39.3 Å². The summed E-state index contributed by atoms with van der Waals surface area (Å²) in [7, 11) is 0. The average Bonchev–Trinajstić information content (AvgIpc) is 2.99. The Labute approximate surface area is 247 Å². The zero-order valence-corrected chi connectivity index (χ0v) is 25.8. The Balaban J connectivity index is 1.70. The van der Waals surface area contributed by atoms with Crippen molar-refractivity contribution in [2.24, 2.45) is 5.73 Å². The number of aliphatic hydroxyl groups is 1. The molecular formula is C36H61N3O. The summed E-state index contributed by atoms with van der Waals surface area (Å²) in [6, 6.07) is 20.3. The van der Waals surface area contributed by atoms with Gasteiger partial charge >= 0.3 is 0 Å².